The summed E-state index contributed by atoms with van der Waals surface area (Å²) in [6, 6.07) is 2.76. The number of nitrogens with zero attached hydrogens (tertiary/aromatic N) is 5. The summed E-state index contributed by atoms with van der Waals surface area (Å²) in [5.41, 5.74) is 0.446. The van der Waals surface area contributed by atoms with Gasteiger partial charge in [-0.15, -0.1) is 0 Å². The lowest BCUT2D eigenvalue weighted by atomic mass is 9.99. The first-order chi connectivity index (χ1) is 8.88. The Morgan fingerprint density at radius 1 is 1.17 bits per heavy atom. The molecule has 0 aromatic carbocycles. The van der Waals surface area contributed by atoms with Gasteiger partial charge in [-0.2, -0.15) is 5.26 Å². The van der Waals surface area contributed by atoms with Crippen molar-refractivity contribution in [1.29, 1.82) is 5.26 Å². The van der Waals surface area contributed by atoms with Gasteiger partial charge >= 0.3 is 0 Å². The smallest absolute Gasteiger partial charge is 0.183 e. The van der Waals surface area contributed by atoms with E-state index in [0.29, 0.717) is 11.7 Å². The molecule has 2 aliphatic heterocycles. The van der Waals surface area contributed by atoms with Gasteiger partial charge in [-0.25, -0.2) is 9.97 Å². The topological polar surface area (TPSA) is 56.1 Å². The molecule has 2 aliphatic rings. The van der Waals surface area contributed by atoms with E-state index < -0.39 is 0 Å². The zero-order valence-corrected chi connectivity index (χ0v) is 10.4. The van der Waals surface area contributed by atoms with Crippen molar-refractivity contribution in [3.63, 3.8) is 0 Å². The lowest BCUT2D eigenvalue weighted by Gasteiger charge is -2.44. The second-order valence-corrected chi connectivity index (χ2v) is 4.97. The van der Waals surface area contributed by atoms with E-state index in [0.717, 1.165) is 25.5 Å². The van der Waals surface area contributed by atoms with E-state index in [-0.39, 0.29) is 0 Å². The predicted molar refractivity (Wildman–Crippen MR) is 68.2 cm³/mol. The fourth-order valence-electron chi connectivity index (χ4n) is 2.99. The largest absolute Gasteiger partial charge is 0.351 e. The molecule has 0 saturated carbocycles. The molecule has 2 fully saturated rings. The first kappa shape index (κ1) is 11.4. The van der Waals surface area contributed by atoms with Crippen LogP contribution in [0.15, 0.2) is 12.4 Å². The normalized spacial score (nSPS) is 24.4. The third kappa shape index (κ3) is 2.04. The van der Waals surface area contributed by atoms with Crippen molar-refractivity contribution in [2.24, 2.45) is 0 Å². The van der Waals surface area contributed by atoms with Crippen LogP contribution in [0.5, 0.6) is 0 Å². The van der Waals surface area contributed by atoms with Crippen LogP contribution in [0.2, 0.25) is 0 Å². The molecule has 0 N–H and O–H groups in total. The average molecular weight is 243 g/mol. The quantitative estimate of drug-likeness (QED) is 0.737. The van der Waals surface area contributed by atoms with E-state index in [1.807, 2.05) is 0 Å². The Bertz CT molecular complexity index is 467. The highest BCUT2D eigenvalue weighted by Gasteiger charge is 2.30. The SMILES string of the molecule is N#Cc1nccnc1N1CCN2CCCCC2C1. The molecule has 0 radical (unpaired) electrons. The molecule has 5 nitrogen and oxygen atoms in total. The van der Waals surface area contributed by atoms with Gasteiger partial charge in [-0.05, 0) is 19.4 Å². The molecular weight excluding hydrogens is 226 g/mol. The van der Waals surface area contributed by atoms with Gasteiger partial charge in [0.15, 0.2) is 11.5 Å². The summed E-state index contributed by atoms with van der Waals surface area (Å²) < 4.78 is 0. The molecule has 1 aromatic rings. The number of piperazine rings is 1. The summed E-state index contributed by atoms with van der Waals surface area (Å²) in [4.78, 5) is 13.2. The maximum absolute atomic E-state index is 9.09. The van der Waals surface area contributed by atoms with E-state index in [1.54, 1.807) is 12.4 Å². The molecule has 1 aromatic heterocycles. The van der Waals surface area contributed by atoms with Crippen LogP contribution < -0.4 is 4.90 Å². The Morgan fingerprint density at radius 2 is 2.06 bits per heavy atom. The Kier molecular flexibility index (Phi) is 3.11. The van der Waals surface area contributed by atoms with Crippen LogP contribution in [0.3, 0.4) is 0 Å². The van der Waals surface area contributed by atoms with Crippen molar-refractivity contribution in [1.82, 2.24) is 14.9 Å². The predicted octanol–water partition coefficient (Wildman–Crippen LogP) is 1.02. The van der Waals surface area contributed by atoms with Gasteiger partial charge in [-0.1, -0.05) is 6.42 Å². The van der Waals surface area contributed by atoms with Crippen molar-refractivity contribution >= 4 is 5.82 Å². The number of piperidine rings is 1. The second-order valence-electron chi connectivity index (χ2n) is 4.97. The van der Waals surface area contributed by atoms with Crippen LogP contribution in [0, 0.1) is 11.3 Å². The minimum absolute atomic E-state index is 0.446. The number of hydrogen-bond acceptors (Lipinski definition) is 5. The average Bonchev–Trinajstić information content (AvgIpc) is 2.46. The molecule has 3 rings (SSSR count). The lowest BCUT2D eigenvalue weighted by molar-refractivity contribution is 0.133. The van der Waals surface area contributed by atoms with Crippen molar-refractivity contribution in [3.05, 3.63) is 18.1 Å². The highest BCUT2D eigenvalue weighted by molar-refractivity contribution is 5.50. The van der Waals surface area contributed by atoms with E-state index in [4.69, 9.17) is 5.26 Å². The standard InChI is InChI=1S/C13H17N5/c14-9-12-13(16-5-4-15-12)18-8-7-17-6-2-1-3-11(17)10-18/h4-5,11H,1-3,6-8,10H2. The Labute approximate surface area is 107 Å². The fourth-order valence-corrected chi connectivity index (χ4v) is 2.99. The molecule has 0 amide bonds. The molecule has 3 heterocycles. The molecule has 1 atom stereocenters. The number of hydrogen-bond donors (Lipinski definition) is 0. The van der Waals surface area contributed by atoms with E-state index >= 15 is 0 Å². The second kappa shape index (κ2) is 4.91. The van der Waals surface area contributed by atoms with Crippen LogP contribution in [0.4, 0.5) is 5.82 Å². The molecule has 94 valence electrons. The molecule has 1 unspecified atom stereocenters. The number of anilines is 1. The van der Waals surface area contributed by atoms with Gasteiger partial charge in [0.2, 0.25) is 0 Å². The maximum atomic E-state index is 9.09. The zero-order valence-electron chi connectivity index (χ0n) is 10.4. The third-order valence-corrected chi connectivity index (χ3v) is 3.92. The highest BCUT2D eigenvalue weighted by Crippen LogP contribution is 2.24. The van der Waals surface area contributed by atoms with Gasteiger partial charge < -0.3 is 4.90 Å². The zero-order chi connectivity index (χ0) is 12.4. The van der Waals surface area contributed by atoms with Crippen LogP contribution in [0.25, 0.3) is 0 Å². The fraction of sp³-hybridized carbons (Fsp3) is 0.615. The Balaban J connectivity index is 1.79. The van der Waals surface area contributed by atoms with E-state index in [9.17, 15) is 0 Å². The summed E-state index contributed by atoms with van der Waals surface area (Å²) in [5, 5.41) is 9.09. The van der Waals surface area contributed by atoms with Gasteiger partial charge in [0, 0.05) is 38.1 Å². The maximum Gasteiger partial charge on any atom is 0.183 e. The van der Waals surface area contributed by atoms with Crippen molar-refractivity contribution in [2.75, 3.05) is 31.1 Å². The number of rotatable bonds is 1. The van der Waals surface area contributed by atoms with Crippen molar-refractivity contribution in [3.8, 4) is 6.07 Å². The van der Waals surface area contributed by atoms with Crippen molar-refractivity contribution in [2.45, 2.75) is 25.3 Å². The van der Waals surface area contributed by atoms with Crippen LogP contribution >= 0.6 is 0 Å². The van der Waals surface area contributed by atoms with Crippen molar-refractivity contribution < 1.29 is 0 Å². The number of nitriles is 1. The Hall–Kier alpha value is -1.67. The first-order valence-electron chi connectivity index (χ1n) is 6.58. The minimum atomic E-state index is 0.446. The third-order valence-electron chi connectivity index (χ3n) is 3.92. The highest BCUT2D eigenvalue weighted by atomic mass is 15.3. The number of aromatic nitrogens is 2. The lowest BCUT2D eigenvalue weighted by Crippen LogP contribution is -2.55. The Morgan fingerprint density at radius 3 is 2.94 bits per heavy atom. The molecule has 5 heteroatoms. The van der Waals surface area contributed by atoms with Crippen LogP contribution in [0.1, 0.15) is 25.0 Å². The van der Waals surface area contributed by atoms with Gasteiger partial charge in [0.25, 0.3) is 0 Å². The van der Waals surface area contributed by atoms with Crippen LogP contribution in [-0.4, -0.2) is 47.1 Å². The monoisotopic (exact) mass is 243 g/mol. The van der Waals surface area contributed by atoms with Gasteiger partial charge in [0.05, 0.1) is 0 Å². The summed E-state index contributed by atoms with van der Waals surface area (Å²) in [7, 11) is 0. The summed E-state index contributed by atoms with van der Waals surface area (Å²) in [5.74, 6) is 0.755. The molecule has 0 bridgehead atoms. The summed E-state index contributed by atoms with van der Waals surface area (Å²) >= 11 is 0. The molecule has 18 heavy (non-hydrogen) atoms. The summed E-state index contributed by atoms with van der Waals surface area (Å²) in [6.45, 7) is 4.23. The van der Waals surface area contributed by atoms with E-state index in [1.165, 1.54) is 25.8 Å². The van der Waals surface area contributed by atoms with Crippen LogP contribution in [-0.2, 0) is 0 Å². The molecule has 0 aliphatic carbocycles. The molecular formula is C13H17N5. The summed E-state index contributed by atoms with van der Waals surface area (Å²) in [6.07, 6.45) is 7.16. The first-order valence-corrected chi connectivity index (χ1v) is 6.58. The molecule has 2 saturated heterocycles. The molecule has 0 spiro atoms. The van der Waals surface area contributed by atoms with E-state index in [2.05, 4.69) is 25.8 Å². The minimum Gasteiger partial charge on any atom is -0.351 e. The number of fused-ring (bicyclic) bond motifs is 1. The van der Waals surface area contributed by atoms with Gasteiger partial charge in [-0.3, -0.25) is 4.90 Å². The van der Waals surface area contributed by atoms with Gasteiger partial charge in [0.1, 0.15) is 6.07 Å².